The molecule has 1 aliphatic rings. The van der Waals surface area contributed by atoms with Gasteiger partial charge in [0.05, 0.1) is 19.1 Å². The quantitative estimate of drug-likeness (QED) is 0.106. The molecule has 2 aromatic carbocycles. The summed E-state index contributed by atoms with van der Waals surface area (Å²) in [6.45, 7) is 12.3. The number of Topliss-reactive ketones (excluding diaryl/α,β-unsaturated/α-hetero) is 1. The molecule has 2 amide bonds. The second kappa shape index (κ2) is 22.8. The molecule has 0 aliphatic carbocycles. The van der Waals surface area contributed by atoms with Gasteiger partial charge in [0.15, 0.2) is 11.9 Å². The molecular weight excluding hydrogens is 772 g/mol. The SMILES string of the molecule is CCC(C)C(CC(=O)C1CCCCN1C)C(=O)N(Cc1ccccc1)C(CC(OC(C)=O)c1nc(C(=O)NC(Cc2ccc(F)cc2)CC(C)C(=O)OC)cs1)C(C)C. The lowest BCUT2D eigenvalue weighted by Crippen LogP contribution is -2.49. The number of hydrogen-bond donors (Lipinski definition) is 1. The highest BCUT2D eigenvalue weighted by atomic mass is 32.1. The van der Waals surface area contributed by atoms with Gasteiger partial charge >= 0.3 is 11.9 Å². The standard InChI is InChI=1S/C46H63FN4O7S/c1-9-30(4)37(25-41(53)39-17-13-14-22-50(39)7)45(55)51(27-34-15-11-10-12-16-34)40(29(2)3)26-42(58-32(6)52)44-49-38(28-59-44)43(54)48-36(23-31(5)46(56)57-8)24-33-18-20-35(47)21-19-33/h10-12,15-16,18-21,28-31,36-37,39-40,42H,9,13-14,17,22-27H2,1-8H3,(H,48,54). The van der Waals surface area contributed by atoms with E-state index in [1.165, 1.54) is 37.5 Å². The Balaban J connectivity index is 1.64. The summed E-state index contributed by atoms with van der Waals surface area (Å²) in [5.41, 5.74) is 1.82. The topological polar surface area (TPSA) is 135 Å². The van der Waals surface area contributed by atoms with Gasteiger partial charge in [-0.15, -0.1) is 11.3 Å². The number of halogens is 1. The molecule has 4 rings (SSSR count). The van der Waals surface area contributed by atoms with E-state index in [1.54, 1.807) is 24.4 Å². The number of aromatic nitrogens is 1. The van der Waals surface area contributed by atoms with E-state index in [2.05, 4.69) is 15.2 Å². The Hall–Kier alpha value is -4.49. The van der Waals surface area contributed by atoms with Crippen molar-refractivity contribution in [1.82, 2.24) is 20.1 Å². The van der Waals surface area contributed by atoms with E-state index in [0.717, 1.165) is 43.4 Å². The van der Waals surface area contributed by atoms with E-state index < -0.39 is 47.9 Å². The molecule has 11 nitrogen and oxygen atoms in total. The summed E-state index contributed by atoms with van der Waals surface area (Å²) >= 11 is 1.18. The molecule has 1 aliphatic heterocycles. The third-order valence-corrected chi connectivity index (χ3v) is 12.6. The summed E-state index contributed by atoms with van der Waals surface area (Å²) in [4.78, 5) is 76.4. The van der Waals surface area contributed by atoms with Crippen molar-refractivity contribution in [2.45, 2.75) is 124 Å². The minimum absolute atomic E-state index is 0.0572. The number of carbonyl (C=O) groups excluding carboxylic acids is 5. The molecule has 0 saturated carbocycles. The van der Waals surface area contributed by atoms with Crippen molar-refractivity contribution < 1.29 is 37.8 Å². The predicted octanol–water partition coefficient (Wildman–Crippen LogP) is 7.98. The largest absolute Gasteiger partial charge is 0.469 e. The number of likely N-dealkylation sites (N-methyl/N-ethyl adjacent to an activating group) is 1. The lowest BCUT2D eigenvalue weighted by atomic mass is 9.82. The Kier molecular flexibility index (Phi) is 18.2. The molecule has 0 bridgehead atoms. The second-order valence-corrected chi connectivity index (χ2v) is 17.4. The minimum atomic E-state index is -0.883. The van der Waals surface area contributed by atoms with Crippen LogP contribution in [-0.2, 0) is 41.6 Å². The van der Waals surface area contributed by atoms with Crippen LogP contribution in [0.3, 0.4) is 0 Å². The Morgan fingerprint density at radius 3 is 2.29 bits per heavy atom. The van der Waals surface area contributed by atoms with Gasteiger partial charge in [0.25, 0.3) is 5.91 Å². The average Bonchev–Trinajstić information content (AvgIpc) is 3.72. The normalized spacial score (nSPS) is 17.6. The van der Waals surface area contributed by atoms with Crippen LogP contribution in [0.5, 0.6) is 0 Å². The number of thiazole rings is 1. The molecule has 1 aromatic heterocycles. The number of nitrogens with zero attached hydrogens (tertiary/aromatic N) is 3. The van der Waals surface area contributed by atoms with Crippen LogP contribution < -0.4 is 5.32 Å². The molecule has 2 heterocycles. The number of methoxy groups -OCH3 is 1. The summed E-state index contributed by atoms with van der Waals surface area (Å²) in [6.07, 6.45) is 3.64. The first-order valence-corrected chi connectivity index (χ1v) is 21.8. The number of amides is 2. The van der Waals surface area contributed by atoms with Crippen LogP contribution in [0.2, 0.25) is 0 Å². The summed E-state index contributed by atoms with van der Waals surface area (Å²) < 4.78 is 24.5. The van der Waals surface area contributed by atoms with E-state index in [0.29, 0.717) is 18.0 Å². The number of likely N-dealkylation sites (tertiary alicyclic amines) is 1. The van der Waals surface area contributed by atoms with Gasteiger partial charge in [0, 0.05) is 49.7 Å². The minimum Gasteiger partial charge on any atom is -0.469 e. The lowest BCUT2D eigenvalue weighted by molar-refractivity contribution is -0.150. The zero-order chi connectivity index (χ0) is 43.2. The summed E-state index contributed by atoms with van der Waals surface area (Å²) in [7, 11) is 3.30. The van der Waals surface area contributed by atoms with Crippen LogP contribution in [0, 0.1) is 29.5 Å². The van der Waals surface area contributed by atoms with E-state index >= 15 is 4.79 Å². The first-order valence-electron chi connectivity index (χ1n) is 20.9. The van der Waals surface area contributed by atoms with Gasteiger partial charge in [-0.1, -0.05) is 89.9 Å². The molecule has 1 N–H and O–H groups in total. The molecular formula is C46H63FN4O7S. The highest BCUT2D eigenvalue weighted by Gasteiger charge is 2.39. The molecule has 7 unspecified atom stereocenters. The van der Waals surface area contributed by atoms with Gasteiger partial charge < -0.3 is 19.7 Å². The number of nitrogens with one attached hydrogen (secondary N) is 1. The maximum Gasteiger partial charge on any atom is 0.308 e. The first kappa shape index (κ1) is 47.2. The van der Waals surface area contributed by atoms with Gasteiger partial charge in [0.2, 0.25) is 5.91 Å². The van der Waals surface area contributed by atoms with Crippen LogP contribution in [0.4, 0.5) is 4.39 Å². The fourth-order valence-corrected chi connectivity index (χ4v) is 8.84. The number of carbonyl (C=O) groups is 5. The van der Waals surface area contributed by atoms with Crippen LogP contribution in [0.25, 0.3) is 0 Å². The fraction of sp³-hybridized carbons (Fsp3) is 0.565. The summed E-state index contributed by atoms with van der Waals surface area (Å²) in [6, 6.07) is 14.6. The van der Waals surface area contributed by atoms with Gasteiger partial charge in [-0.05, 0) is 74.4 Å². The van der Waals surface area contributed by atoms with E-state index in [1.807, 2.05) is 70.0 Å². The van der Waals surface area contributed by atoms with E-state index in [9.17, 15) is 23.6 Å². The van der Waals surface area contributed by atoms with E-state index in [4.69, 9.17) is 9.47 Å². The molecule has 0 spiro atoms. The molecule has 13 heteroatoms. The molecule has 1 saturated heterocycles. The van der Waals surface area contributed by atoms with Crippen molar-refractivity contribution >= 4 is 40.9 Å². The number of hydrogen-bond acceptors (Lipinski definition) is 10. The highest BCUT2D eigenvalue weighted by Crippen LogP contribution is 2.34. The molecule has 59 heavy (non-hydrogen) atoms. The van der Waals surface area contributed by atoms with Crippen molar-refractivity contribution in [3.63, 3.8) is 0 Å². The second-order valence-electron chi connectivity index (χ2n) is 16.5. The number of ketones is 1. The zero-order valence-electron chi connectivity index (χ0n) is 35.9. The third-order valence-electron chi connectivity index (χ3n) is 11.6. The number of ether oxygens (including phenoxy) is 2. The Morgan fingerprint density at radius 2 is 1.68 bits per heavy atom. The zero-order valence-corrected chi connectivity index (χ0v) is 36.8. The van der Waals surface area contributed by atoms with Crippen molar-refractivity contribution in [3.05, 3.63) is 87.6 Å². The summed E-state index contributed by atoms with van der Waals surface area (Å²) in [5, 5.41) is 5.00. The smallest absolute Gasteiger partial charge is 0.308 e. The lowest BCUT2D eigenvalue weighted by Gasteiger charge is -2.40. The predicted molar refractivity (Wildman–Crippen MR) is 227 cm³/mol. The monoisotopic (exact) mass is 834 g/mol. The molecule has 3 aromatic rings. The Morgan fingerprint density at radius 1 is 0.983 bits per heavy atom. The summed E-state index contributed by atoms with van der Waals surface area (Å²) in [5.74, 6) is -3.04. The van der Waals surface area contributed by atoms with Crippen molar-refractivity contribution in [1.29, 1.82) is 0 Å². The number of rotatable bonds is 21. The van der Waals surface area contributed by atoms with Crippen molar-refractivity contribution in [2.24, 2.45) is 23.7 Å². The van der Waals surface area contributed by atoms with Crippen LogP contribution >= 0.6 is 11.3 Å². The number of benzene rings is 2. The molecule has 7 atom stereocenters. The first-order chi connectivity index (χ1) is 28.1. The van der Waals surface area contributed by atoms with Gasteiger partial charge in [0.1, 0.15) is 16.5 Å². The van der Waals surface area contributed by atoms with Gasteiger partial charge in [-0.2, -0.15) is 0 Å². The van der Waals surface area contributed by atoms with Crippen molar-refractivity contribution in [3.8, 4) is 0 Å². The maximum atomic E-state index is 15.1. The van der Waals surface area contributed by atoms with Crippen LogP contribution in [-0.4, -0.2) is 83.1 Å². The average molecular weight is 835 g/mol. The number of piperidine rings is 1. The van der Waals surface area contributed by atoms with Crippen LogP contribution in [0.15, 0.2) is 60.0 Å². The van der Waals surface area contributed by atoms with Crippen molar-refractivity contribution in [2.75, 3.05) is 20.7 Å². The number of esters is 2. The van der Waals surface area contributed by atoms with E-state index in [-0.39, 0.29) is 60.3 Å². The Bertz CT molecular complexity index is 1840. The maximum absolute atomic E-state index is 15.1. The van der Waals surface area contributed by atoms with Crippen LogP contribution in [0.1, 0.15) is 119 Å². The van der Waals surface area contributed by atoms with Gasteiger partial charge in [-0.25, -0.2) is 9.37 Å². The molecule has 0 radical (unpaired) electrons. The molecule has 1 fully saturated rings. The van der Waals surface area contributed by atoms with Gasteiger partial charge in [-0.3, -0.25) is 28.9 Å². The third kappa shape index (κ3) is 13.8. The highest BCUT2D eigenvalue weighted by molar-refractivity contribution is 7.09. The molecule has 322 valence electrons. The fourth-order valence-electron chi connectivity index (χ4n) is 8.00. The Labute approximate surface area is 353 Å².